The Labute approximate surface area is 134 Å². The lowest BCUT2D eigenvalue weighted by atomic mass is 10.3. The van der Waals surface area contributed by atoms with E-state index in [0.29, 0.717) is 36.6 Å². The highest BCUT2D eigenvalue weighted by Crippen LogP contribution is 2.17. The minimum Gasteiger partial charge on any atom is -0.439 e. The van der Waals surface area contributed by atoms with Crippen molar-refractivity contribution < 1.29 is 18.7 Å². The van der Waals surface area contributed by atoms with Gasteiger partial charge in [-0.15, -0.1) is 0 Å². The summed E-state index contributed by atoms with van der Waals surface area (Å²) in [5, 5.41) is 10.2. The number of likely N-dealkylation sites (N-methyl/N-ethyl adjacent to an activating group) is 1. The first-order chi connectivity index (χ1) is 11.1. The molecule has 1 fully saturated rings. The van der Waals surface area contributed by atoms with Crippen LogP contribution in [0.5, 0.6) is 0 Å². The predicted octanol–water partition coefficient (Wildman–Crippen LogP) is 1.09. The molecular weight excluding hydrogens is 301 g/mol. The highest BCUT2D eigenvalue weighted by atomic mass is 19.1. The van der Waals surface area contributed by atoms with Gasteiger partial charge in [0.15, 0.2) is 5.58 Å². The summed E-state index contributed by atoms with van der Waals surface area (Å²) in [6.07, 6.45) is -0.445. The van der Waals surface area contributed by atoms with Crippen LogP contribution < -0.4 is 0 Å². The molecule has 0 amide bonds. The van der Waals surface area contributed by atoms with Crippen LogP contribution in [0.4, 0.5) is 4.39 Å². The van der Waals surface area contributed by atoms with E-state index >= 15 is 0 Å². The van der Waals surface area contributed by atoms with E-state index in [4.69, 9.17) is 9.15 Å². The monoisotopic (exact) mass is 323 g/mol. The number of ether oxygens (including phenoxy) is 1. The van der Waals surface area contributed by atoms with Crippen LogP contribution in [0.3, 0.4) is 0 Å². The van der Waals surface area contributed by atoms with Crippen molar-refractivity contribution in [1.29, 1.82) is 0 Å². The lowest BCUT2D eigenvalue weighted by Crippen LogP contribution is -2.43. The zero-order valence-corrected chi connectivity index (χ0v) is 13.2. The fraction of sp³-hybridized carbons (Fsp3) is 0.562. The number of aromatic nitrogens is 1. The van der Waals surface area contributed by atoms with Crippen LogP contribution in [0.15, 0.2) is 22.6 Å². The average molecular weight is 323 g/mol. The van der Waals surface area contributed by atoms with Crippen LogP contribution in [0, 0.1) is 5.82 Å². The number of fused-ring (bicyclic) bond motifs is 1. The van der Waals surface area contributed by atoms with Crippen molar-refractivity contribution in [1.82, 2.24) is 14.8 Å². The highest BCUT2D eigenvalue weighted by molar-refractivity contribution is 5.72. The van der Waals surface area contributed by atoms with Crippen molar-refractivity contribution in [3.8, 4) is 0 Å². The van der Waals surface area contributed by atoms with Gasteiger partial charge in [-0.3, -0.25) is 9.80 Å². The summed E-state index contributed by atoms with van der Waals surface area (Å²) >= 11 is 0. The van der Waals surface area contributed by atoms with Gasteiger partial charge in [0.1, 0.15) is 11.3 Å². The van der Waals surface area contributed by atoms with Gasteiger partial charge in [0.2, 0.25) is 5.89 Å². The second kappa shape index (κ2) is 7.35. The maximum atomic E-state index is 13.2. The molecule has 1 N–H and O–H groups in total. The Morgan fingerprint density at radius 3 is 2.96 bits per heavy atom. The Balaban J connectivity index is 1.52. The summed E-state index contributed by atoms with van der Waals surface area (Å²) in [5.74, 6) is 0.182. The molecule has 2 aromatic rings. The molecule has 1 unspecified atom stereocenters. The summed E-state index contributed by atoms with van der Waals surface area (Å²) in [6, 6.07) is 4.30. The topological polar surface area (TPSA) is 62.0 Å². The number of β-amino-alcohol motifs (C(OH)–C–C–N with tert-alkyl or cyclic N) is 1. The van der Waals surface area contributed by atoms with E-state index in [9.17, 15) is 9.50 Å². The molecule has 3 rings (SSSR count). The lowest BCUT2D eigenvalue weighted by Gasteiger charge is -2.29. The quantitative estimate of drug-likeness (QED) is 0.859. The lowest BCUT2D eigenvalue weighted by molar-refractivity contribution is 0.00786. The second-order valence-corrected chi connectivity index (χ2v) is 5.98. The van der Waals surface area contributed by atoms with Gasteiger partial charge in [-0.2, -0.15) is 0 Å². The highest BCUT2D eigenvalue weighted by Gasteiger charge is 2.17. The summed E-state index contributed by atoms with van der Waals surface area (Å²) in [4.78, 5) is 8.48. The molecule has 126 valence electrons. The van der Waals surface area contributed by atoms with Gasteiger partial charge in [-0.1, -0.05) is 0 Å². The Bertz CT molecular complexity index is 643. The zero-order chi connectivity index (χ0) is 16.2. The number of halogens is 1. The Morgan fingerprint density at radius 2 is 2.17 bits per heavy atom. The molecule has 0 radical (unpaired) electrons. The number of rotatable bonds is 6. The summed E-state index contributed by atoms with van der Waals surface area (Å²) < 4.78 is 24.0. The Morgan fingerprint density at radius 1 is 1.39 bits per heavy atom. The Kier molecular flexibility index (Phi) is 5.22. The number of aliphatic hydroxyl groups is 1. The van der Waals surface area contributed by atoms with Crippen LogP contribution in [0.25, 0.3) is 11.1 Å². The van der Waals surface area contributed by atoms with E-state index in [2.05, 4.69) is 9.88 Å². The molecule has 23 heavy (non-hydrogen) atoms. The van der Waals surface area contributed by atoms with E-state index in [1.54, 1.807) is 6.07 Å². The first-order valence-corrected chi connectivity index (χ1v) is 7.82. The molecule has 1 aromatic carbocycles. The predicted molar refractivity (Wildman–Crippen MR) is 83.6 cm³/mol. The zero-order valence-electron chi connectivity index (χ0n) is 13.2. The van der Waals surface area contributed by atoms with Crippen LogP contribution >= 0.6 is 0 Å². The maximum absolute atomic E-state index is 13.2. The SMILES string of the molecule is CN(Cc1nc2ccc(F)cc2o1)CC(O)CN1CCOCC1. The minimum absolute atomic E-state index is 0.338. The van der Waals surface area contributed by atoms with E-state index in [1.807, 2.05) is 11.9 Å². The Hall–Kier alpha value is -1.54. The number of morpholine rings is 1. The average Bonchev–Trinajstić information content (AvgIpc) is 2.89. The molecule has 2 heterocycles. The third-order valence-electron chi connectivity index (χ3n) is 3.90. The van der Waals surface area contributed by atoms with Crippen molar-refractivity contribution in [3.63, 3.8) is 0 Å². The fourth-order valence-corrected chi connectivity index (χ4v) is 2.81. The normalized spacial score (nSPS) is 17.9. The first-order valence-electron chi connectivity index (χ1n) is 7.82. The molecule has 1 atom stereocenters. The van der Waals surface area contributed by atoms with E-state index in [1.165, 1.54) is 12.1 Å². The molecule has 0 bridgehead atoms. The van der Waals surface area contributed by atoms with Crippen molar-refractivity contribution in [2.24, 2.45) is 0 Å². The van der Waals surface area contributed by atoms with Gasteiger partial charge < -0.3 is 14.3 Å². The largest absolute Gasteiger partial charge is 0.439 e. The number of aliphatic hydroxyl groups excluding tert-OH is 1. The van der Waals surface area contributed by atoms with Gasteiger partial charge in [-0.05, 0) is 19.2 Å². The number of oxazole rings is 1. The van der Waals surface area contributed by atoms with Gasteiger partial charge in [0.05, 0.1) is 25.9 Å². The standard InChI is InChI=1S/C16H22FN3O3/c1-19(9-13(21)10-20-4-6-22-7-5-20)11-16-18-14-3-2-12(17)8-15(14)23-16/h2-3,8,13,21H,4-7,9-11H2,1H3. The van der Waals surface area contributed by atoms with Crippen LogP contribution in [-0.4, -0.2) is 72.4 Å². The van der Waals surface area contributed by atoms with E-state index in [-0.39, 0.29) is 5.82 Å². The molecular formula is C16H22FN3O3. The second-order valence-electron chi connectivity index (χ2n) is 5.98. The van der Waals surface area contributed by atoms with Gasteiger partial charge in [0, 0.05) is 32.2 Å². The number of hydrogen-bond acceptors (Lipinski definition) is 6. The van der Waals surface area contributed by atoms with Gasteiger partial charge in [-0.25, -0.2) is 9.37 Å². The molecule has 0 spiro atoms. The minimum atomic E-state index is -0.445. The molecule has 1 saturated heterocycles. The number of nitrogens with zero attached hydrogens (tertiary/aromatic N) is 3. The first kappa shape index (κ1) is 16.3. The number of benzene rings is 1. The fourth-order valence-electron chi connectivity index (χ4n) is 2.81. The van der Waals surface area contributed by atoms with E-state index < -0.39 is 6.10 Å². The molecule has 0 saturated carbocycles. The molecule has 1 aliphatic rings. The molecule has 7 heteroatoms. The summed E-state index contributed by atoms with van der Waals surface area (Å²) in [5.41, 5.74) is 1.09. The van der Waals surface area contributed by atoms with Crippen LogP contribution in [-0.2, 0) is 11.3 Å². The third kappa shape index (κ3) is 4.48. The molecule has 6 nitrogen and oxygen atoms in total. The van der Waals surface area contributed by atoms with E-state index in [0.717, 1.165) is 26.3 Å². The molecule has 1 aromatic heterocycles. The van der Waals surface area contributed by atoms with Gasteiger partial charge in [0.25, 0.3) is 0 Å². The molecule has 1 aliphatic heterocycles. The van der Waals surface area contributed by atoms with Crippen molar-refractivity contribution in [3.05, 3.63) is 29.9 Å². The molecule has 0 aliphatic carbocycles. The smallest absolute Gasteiger partial charge is 0.209 e. The van der Waals surface area contributed by atoms with Crippen LogP contribution in [0.1, 0.15) is 5.89 Å². The third-order valence-corrected chi connectivity index (χ3v) is 3.90. The number of hydrogen-bond donors (Lipinski definition) is 1. The summed E-state index contributed by atoms with van der Waals surface area (Å²) in [7, 11) is 1.90. The van der Waals surface area contributed by atoms with Gasteiger partial charge >= 0.3 is 0 Å². The van der Waals surface area contributed by atoms with Crippen molar-refractivity contribution >= 4 is 11.1 Å². The van der Waals surface area contributed by atoms with Crippen molar-refractivity contribution in [2.45, 2.75) is 12.6 Å². The van der Waals surface area contributed by atoms with Crippen molar-refractivity contribution in [2.75, 3.05) is 46.4 Å². The summed E-state index contributed by atoms with van der Waals surface area (Å²) in [6.45, 7) is 4.78. The van der Waals surface area contributed by atoms with Crippen LogP contribution in [0.2, 0.25) is 0 Å². The maximum Gasteiger partial charge on any atom is 0.209 e.